The van der Waals surface area contributed by atoms with Crippen LogP contribution >= 0.6 is 11.3 Å². The Hall–Kier alpha value is -1.46. The number of halogens is 2. The summed E-state index contributed by atoms with van der Waals surface area (Å²) < 4.78 is 32.0. The van der Waals surface area contributed by atoms with Gasteiger partial charge in [-0.05, 0) is 31.2 Å². The number of benzene rings is 1. The molecule has 2 rings (SSSR count). The molecule has 2 nitrogen and oxygen atoms in total. The van der Waals surface area contributed by atoms with E-state index in [9.17, 15) is 8.78 Å². The van der Waals surface area contributed by atoms with E-state index >= 15 is 0 Å². The van der Waals surface area contributed by atoms with Gasteiger partial charge in [-0.15, -0.1) is 11.3 Å². The van der Waals surface area contributed by atoms with Gasteiger partial charge in [0, 0.05) is 16.3 Å². The van der Waals surface area contributed by atoms with Gasteiger partial charge in [0.15, 0.2) is 11.6 Å². The zero-order valence-corrected chi connectivity index (χ0v) is 10.6. The molecule has 0 bridgehead atoms. The van der Waals surface area contributed by atoms with Crippen LogP contribution in [0.25, 0.3) is 0 Å². The molecule has 1 aromatic heterocycles. The molecule has 0 spiro atoms. The lowest BCUT2D eigenvalue weighted by Gasteiger charge is -2.16. The van der Waals surface area contributed by atoms with Crippen molar-refractivity contribution >= 4 is 11.3 Å². The molecule has 18 heavy (non-hydrogen) atoms. The fourth-order valence-corrected chi connectivity index (χ4v) is 2.50. The number of ether oxygens (including phenoxy) is 1. The Morgan fingerprint density at radius 2 is 2.06 bits per heavy atom. The van der Waals surface area contributed by atoms with E-state index in [1.54, 1.807) is 0 Å². The number of thiophene rings is 1. The van der Waals surface area contributed by atoms with Crippen LogP contribution in [0.2, 0.25) is 0 Å². The van der Waals surface area contributed by atoms with Crippen molar-refractivity contribution < 1.29 is 13.5 Å². The fraction of sp³-hybridized carbons (Fsp3) is 0.231. The third-order valence-corrected chi connectivity index (χ3v) is 3.57. The molecule has 0 aliphatic carbocycles. The Kier molecular flexibility index (Phi) is 3.93. The van der Waals surface area contributed by atoms with Crippen LogP contribution in [0.4, 0.5) is 8.78 Å². The van der Waals surface area contributed by atoms with Gasteiger partial charge >= 0.3 is 0 Å². The van der Waals surface area contributed by atoms with Crippen molar-refractivity contribution in [2.24, 2.45) is 5.73 Å². The summed E-state index contributed by atoms with van der Waals surface area (Å²) in [6.45, 7) is 2.17. The van der Waals surface area contributed by atoms with E-state index in [0.29, 0.717) is 0 Å². The van der Waals surface area contributed by atoms with Crippen molar-refractivity contribution in [2.75, 3.05) is 6.54 Å². The molecule has 0 radical (unpaired) electrons. The van der Waals surface area contributed by atoms with Crippen LogP contribution in [0.5, 0.6) is 5.75 Å². The monoisotopic (exact) mass is 269 g/mol. The second kappa shape index (κ2) is 5.46. The fourth-order valence-electron chi connectivity index (χ4n) is 1.58. The number of hydrogen-bond donors (Lipinski definition) is 1. The SMILES string of the molecule is Cc1ccc(C(CN)Oc2cccc(F)c2F)s1. The zero-order chi connectivity index (χ0) is 13.1. The quantitative estimate of drug-likeness (QED) is 0.923. The summed E-state index contributed by atoms with van der Waals surface area (Å²) in [5.74, 6) is -2.02. The highest BCUT2D eigenvalue weighted by atomic mass is 32.1. The predicted molar refractivity (Wildman–Crippen MR) is 67.8 cm³/mol. The smallest absolute Gasteiger partial charge is 0.200 e. The summed E-state index contributed by atoms with van der Waals surface area (Å²) in [5, 5.41) is 0. The third kappa shape index (κ3) is 2.68. The maximum atomic E-state index is 13.5. The summed E-state index contributed by atoms with van der Waals surface area (Å²) in [7, 11) is 0. The van der Waals surface area contributed by atoms with Gasteiger partial charge in [0.05, 0.1) is 0 Å². The Morgan fingerprint density at radius 3 is 2.67 bits per heavy atom. The average molecular weight is 269 g/mol. The van der Waals surface area contributed by atoms with E-state index in [-0.39, 0.29) is 12.3 Å². The topological polar surface area (TPSA) is 35.2 Å². The molecule has 96 valence electrons. The van der Waals surface area contributed by atoms with E-state index in [1.165, 1.54) is 23.5 Å². The van der Waals surface area contributed by atoms with Crippen LogP contribution in [0.1, 0.15) is 15.9 Å². The number of aryl methyl sites for hydroxylation is 1. The van der Waals surface area contributed by atoms with Crippen LogP contribution < -0.4 is 10.5 Å². The van der Waals surface area contributed by atoms with Crippen LogP contribution in [-0.4, -0.2) is 6.54 Å². The van der Waals surface area contributed by atoms with Crippen molar-refractivity contribution in [3.05, 3.63) is 51.7 Å². The molecule has 0 fully saturated rings. The second-order valence-corrected chi connectivity index (χ2v) is 5.16. The van der Waals surface area contributed by atoms with Crippen molar-refractivity contribution in [2.45, 2.75) is 13.0 Å². The van der Waals surface area contributed by atoms with E-state index in [2.05, 4.69) is 0 Å². The van der Waals surface area contributed by atoms with E-state index in [4.69, 9.17) is 10.5 Å². The Labute approximate surface area is 108 Å². The van der Waals surface area contributed by atoms with Crippen LogP contribution in [-0.2, 0) is 0 Å². The molecule has 5 heteroatoms. The van der Waals surface area contributed by atoms with Gasteiger partial charge in [-0.1, -0.05) is 6.07 Å². The number of nitrogens with two attached hydrogens (primary N) is 1. The summed E-state index contributed by atoms with van der Waals surface area (Å²) >= 11 is 1.53. The van der Waals surface area contributed by atoms with E-state index in [0.717, 1.165) is 15.8 Å². The molecule has 1 atom stereocenters. The first kappa shape index (κ1) is 13.0. The van der Waals surface area contributed by atoms with Gasteiger partial charge in [-0.2, -0.15) is 4.39 Å². The molecule has 1 heterocycles. The normalized spacial score (nSPS) is 12.4. The van der Waals surface area contributed by atoms with Gasteiger partial charge in [0.1, 0.15) is 6.10 Å². The Bertz CT molecular complexity index is 542. The molecule has 2 aromatic rings. The minimum atomic E-state index is -0.982. The van der Waals surface area contributed by atoms with Crippen molar-refractivity contribution in [3.63, 3.8) is 0 Å². The van der Waals surface area contributed by atoms with Gasteiger partial charge < -0.3 is 10.5 Å². The largest absolute Gasteiger partial charge is 0.480 e. The van der Waals surface area contributed by atoms with Crippen LogP contribution in [0, 0.1) is 18.6 Å². The molecule has 0 amide bonds. The number of rotatable bonds is 4. The van der Waals surface area contributed by atoms with Gasteiger partial charge in [-0.25, -0.2) is 4.39 Å². The summed E-state index contributed by atoms with van der Waals surface area (Å²) in [6, 6.07) is 7.67. The molecule has 0 saturated carbocycles. The summed E-state index contributed by atoms with van der Waals surface area (Å²) in [4.78, 5) is 2.02. The maximum absolute atomic E-state index is 13.5. The molecular formula is C13H13F2NOS. The molecule has 0 aliphatic rings. The molecule has 0 aliphatic heterocycles. The summed E-state index contributed by atoms with van der Waals surface area (Å²) in [5.41, 5.74) is 5.62. The van der Waals surface area contributed by atoms with Crippen LogP contribution in [0.15, 0.2) is 30.3 Å². The summed E-state index contributed by atoms with van der Waals surface area (Å²) in [6.07, 6.45) is -0.458. The third-order valence-electron chi connectivity index (χ3n) is 2.48. The lowest BCUT2D eigenvalue weighted by molar-refractivity contribution is 0.205. The van der Waals surface area contributed by atoms with Crippen LogP contribution in [0.3, 0.4) is 0 Å². The zero-order valence-electron chi connectivity index (χ0n) is 9.82. The van der Waals surface area contributed by atoms with Gasteiger partial charge in [0.2, 0.25) is 5.82 Å². The maximum Gasteiger partial charge on any atom is 0.200 e. The average Bonchev–Trinajstić information content (AvgIpc) is 2.78. The van der Waals surface area contributed by atoms with Crippen molar-refractivity contribution in [1.29, 1.82) is 0 Å². The van der Waals surface area contributed by atoms with Gasteiger partial charge in [0.25, 0.3) is 0 Å². The highest BCUT2D eigenvalue weighted by Crippen LogP contribution is 2.29. The van der Waals surface area contributed by atoms with E-state index < -0.39 is 17.7 Å². The molecular weight excluding hydrogens is 256 g/mol. The van der Waals surface area contributed by atoms with E-state index in [1.807, 2.05) is 19.1 Å². The first-order chi connectivity index (χ1) is 8.61. The first-order valence-corrected chi connectivity index (χ1v) is 6.30. The molecule has 0 saturated heterocycles. The minimum Gasteiger partial charge on any atom is -0.480 e. The predicted octanol–water partition coefficient (Wildman–Crippen LogP) is 3.41. The second-order valence-electron chi connectivity index (χ2n) is 3.84. The van der Waals surface area contributed by atoms with Gasteiger partial charge in [-0.3, -0.25) is 0 Å². The number of hydrogen-bond acceptors (Lipinski definition) is 3. The lowest BCUT2D eigenvalue weighted by atomic mass is 10.2. The Balaban J connectivity index is 2.23. The van der Waals surface area contributed by atoms with Crippen molar-refractivity contribution in [3.8, 4) is 5.75 Å². The molecule has 1 aromatic carbocycles. The molecule has 2 N–H and O–H groups in total. The molecule has 1 unspecified atom stereocenters. The standard InChI is InChI=1S/C13H13F2NOS/c1-8-5-6-12(18-8)11(7-16)17-10-4-2-3-9(14)13(10)15/h2-6,11H,7,16H2,1H3. The Morgan fingerprint density at radius 1 is 1.28 bits per heavy atom. The first-order valence-electron chi connectivity index (χ1n) is 5.49. The highest BCUT2D eigenvalue weighted by molar-refractivity contribution is 7.12. The highest BCUT2D eigenvalue weighted by Gasteiger charge is 2.17. The van der Waals surface area contributed by atoms with Crippen molar-refractivity contribution in [1.82, 2.24) is 0 Å². The lowest BCUT2D eigenvalue weighted by Crippen LogP contribution is -2.18. The minimum absolute atomic E-state index is 0.114.